The Labute approximate surface area is 102 Å². The fourth-order valence-electron chi connectivity index (χ4n) is 2.00. The highest BCUT2D eigenvalue weighted by Gasteiger charge is 2.43. The molecule has 1 saturated carbocycles. The van der Waals surface area contributed by atoms with E-state index >= 15 is 0 Å². The van der Waals surface area contributed by atoms with Gasteiger partial charge in [-0.3, -0.25) is 0 Å². The maximum Gasteiger partial charge on any atom is 0.215 e. The molecule has 1 aliphatic rings. The average molecular weight is 281 g/mol. The van der Waals surface area contributed by atoms with Crippen molar-refractivity contribution in [3.8, 4) is 0 Å². The smallest absolute Gasteiger partial charge is 0.215 e. The lowest BCUT2D eigenvalue weighted by molar-refractivity contribution is 0.326. The SMILES string of the molecule is CC(N)(c1nc2cccc(Br)c2o1)C1CC1. The van der Waals surface area contributed by atoms with E-state index < -0.39 is 5.54 Å². The molecule has 4 heteroatoms. The molecule has 1 aromatic heterocycles. The number of para-hydroxylation sites is 1. The van der Waals surface area contributed by atoms with Gasteiger partial charge >= 0.3 is 0 Å². The minimum absolute atomic E-state index is 0.432. The summed E-state index contributed by atoms with van der Waals surface area (Å²) in [6.07, 6.45) is 2.35. The number of benzene rings is 1. The minimum Gasteiger partial charge on any atom is -0.437 e. The van der Waals surface area contributed by atoms with Gasteiger partial charge in [-0.25, -0.2) is 4.98 Å². The summed E-state index contributed by atoms with van der Waals surface area (Å²) in [4.78, 5) is 4.48. The van der Waals surface area contributed by atoms with Crippen molar-refractivity contribution in [1.82, 2.24) is 4.98 Å². The van der Waals surface area contributed by atoms with Crippen LogP contribution in [-0.2, 0) is 5.54 Å². The third-order valence-electron chi connectivity index (χ3n) is 3.25. The van der Waals surface area contributed by atoms with Crippen molar-refractivity contribution < 1.29 is 4.42 Å². The number of halogens is 1. The molecular weight excluding hydrogens is 268 g/mol. The quantitative estimate of drug-likeness (QED) is 0.919. The molecule has 84 valence electrons. The van der Waals surface area contributed by atoms with Gasteiger partial charge in [0.05, 0.1) is 10.0 Å². The molecule has 2 N–H and O–H groups in total. The zero-order valence-corrected chi connectivity index (χ0v) is 10.6. The van der Waals surface area contributed by atoms with Crippen LogP contribution >= 0.6 is 15.9 Å². The molecule has 1 heterocycles. The molecule has 1 fully saturated rings. The molecule has 3 rings (SSSR count). The summed E-state index contributed by atoms with van der Waals surface area (Å²) < 4.78 is 6.71. The Morgan fingerprint density at radius 2 is 2.25 bits per heavy atom. The van der Waals surface area contributed by atoms with Crippen LogP contribution in [0.25, 0.3) is 11.1 Å². The van der Waals surface area contributed by atoms with Crippen LogP contribution in [0.15, 0.2) is 27.1 Å². The van der Waals surface area contributed by atoms with E-state index in [1.165, 1.54) is 12.8 Å². The highest BCUT2D eigenvalue weighted by Crippen LogP contribution is 2.44. The lowest BCUT2D eigenvalue weighted by Crippen LogP contribution is -2.35. The Hall–Kier alpha value is -0.870. The third-order valence-corrected chi connectivity index (χ3v) is 3.88. The fourth-order valence-corrected chi connectivity index (χ4v) is 2.44. The average Bonchev–Trinajstić information content (AvgIpc) is 2.99. The first-order valence-electron chi connectivity index (χ1n) is 5.43. The Bertz CT molecular complexity index is 543. The number of hydrogen-bond donors (Lipinski definition) is 1. The van der Waals surface area contributed by atoms with Gasteiger partial charge < -0.3 is 10.2 Å². The second kappa shape index (κ2) is 3.31. The van der Waals surface area contributed by atoms with E-state index in [4.69, 9.17) is 10.2 Å². The first kappa shape index (κ1) is 10.3. The summed E-state index contributed by atoms with van der Waals surface area (Å²) in [7, 11) is 0. The minimum atomic E-state index is -0.432. The third kappa shape index (κ3) is 1.48. The van der Waals surface area contributed by atoms with E-state index in [1.54, 1.807) is 0 Å². The van der Waals surface area contributed by atoms with E-state index in [0.29, 0.717) is 11.8 Å². The molecule has 1 unspecified atom stereocenters. The Morgan fingerprint density at radius 1 is 1.50 bits per heavy atom. The first-order valence-corrected chi connectivity index (χ1v) is 6.23. The molecule has 0 aliphatic heterocycles. The number of aromatic nitrogens is 1. The van der Waals surface area contributed by atoms with Gasteiger partial charge in [0.1, 0.15) is 5.52 Å². The number of nitrogens with zero attached hydrogens (tertiary/aromatic N) is 1. The van der Waals surface area contributed by atoms with Crippen LogP contribution < -0.4 is 5.73 Å². The van der Waals surface area contributed by atoms with Crippen molar-refractivity contribution in [3.05, 3.63) is 28.6 Å². The molecule has 1 aromatic carbocycles. The zero-order valence-electron chi connectivity index (χ0n) is 9.03. The normalized spacial score (nSPS) is 19.9. The molecule has 2 aromatic rings. The molecule has 1 aliphatic carbocycles. The molecular formula is C12H13BrN2O. The topological polar surface area (TPSA) is 52.0 Å². The molecule has 1 atom stereocenters. The van der Waals surface area contributed by atoms with Crippen molar-refractivity contribution in [2.75, 3.05) is 0 Å². The summed E-state index contributed by atoms with van der Waals surface area (Å²) in [5.74, 6) is 1.16. The van der Waals surface area contributed by atoms with E-state index in [-0.39, 0.29) is 0 Å². The number of oxazole rings is 1. The van der Waals surface area contributed by atoms with E-state index in [9.17, 15) is 0 Å². The maximum atomic E-state index is 6.29. The molecule has 0 bridgehead atoms. The zero-order chi connectivity index (χ0) is 11.3. The monoisotopic (exact) mass is 280 g/mol. The molecule has 0 amide bonds. The van der Waals surface area contributed by atoms with E-state index in [0.717, 1.165) is 15.6 Å². The summed E-state index contributed by atoms with van der Waals surface area (Å²) in [6.45, 7) is 2.00. The van der Waals surface area contributed by atoms with Crippen LogP contribution in [0, 0.1) is 5.92 Å². The molecule has 16 heavy (non-hydrogen) atoms. The second-order valence-corrected chi connectivity index (χ2v) is 5.52. The van der Waals surface area contributed by atoms with Crippen molar-refractivity contribution in [3.63, 3.8) is 0 Å². The molecule has 0 radical (unpaired) electrons. The van der Waals surface area contributed by atoms with Crippen molar-refractivity contribution in [2.24, 2.45) is 11.7 Å². The van der Waals surface area contributed by atoms with Crippen molar-refractivity contribution in [1.29, 1.82) is 0 Å². The Balaban J connectivity index is 2.15. The maximum absolute atomic E-state index is 6.29. The van der Waals surface area contributed by atoms with Gasteiger partial charge in [-0.05, 0) is 53.7 Å². The summed E-state index contributed by atoms with van der Waals surface area (Å²) in [5.41, 5.74) is 7.50. The fraction of sp³-hybridized carbons (Fsp3) is 0.417. The van der Waals surface area contributed by atoms with E-state index in [2.05, 4.69) is 20.9 Å². The van der Waals surface area contributed by atoms with Crippen LogP contribution in [0.4, 0.5) is 0 Å². The van der Waals surface area contributed by atoms with Crippen LogP contribution in [0.2, 0.25) is 0 Å². The van der Waals surface area contributed by atoms with Gasteiger partial charge in [0, 0.05) is 0 Å². The standard InChI is InChI=1S/C12H13BrN2O/c1-12(14,7-5-6-7)11-15-9-4-2-3-8(13)10(9)16-11/h2-4,7H,5-6,14H2,1H3. The van der Waals surface area contributed by atoms with Crippen molar-refractivity contribution in [2.45, 2.75) is 25.3 Å². The van der Waals surface area contributed by atoms with Crippen LogP contribution in [0.5, 0.6) is 0 Å². The number of nitrogens with two attached hydrogens (primary N) is 1. The Morgan fingerprint density at radius 3 is 2.88 bits per heavy atom. The summed E-state index contributed by atoms with van der Waals surface area (Å²) in [5, 5.41) is 0. The van der Waals surface area contributed by atoms with E-state index in [1.807, 2.05) is 25.1 Å². The predicted octanol–water partition coefficient (Wildman–Crippen LogP) is 3.17. The predicted molar refractivity (Wildman–Crippen MR) is 66.0 cm³/mol. The van der Waals surface area contributed by atoms with Crippen LogP contribution in [-0.4, -0.2) is 4.98 Å². The van der Waals surface area contributed by atoms with Crippen LogP contribution in [0.3, 0.4) is 0 Å². The molecule has 0 saturated heterocycles. The highest BCUT2D eigenvalue weighted by atomic mass is 79.9. The number of hydrogen-bond acceptors (Lipinski definition) is 3. The van der Waals surface area contributed by atoms with Gasteiger partial charge in [0.2, 0.25) is 5.89 Å². The lowest BCUT2D eigenvalue weighted by atomic mass is 9.97. The van der Waals surface area contributed by atoms with Crippen LogP contribution in [0.1, 0.15) is 25.7 Å². The number of rotatable bonds is 2. The largest absolute Gasteiger partial charge is 0.437 e. The lowest BCUT2D eigenvalue weighted by Gasteiger charge is -2.19. The van der Waals surface area contributed by atoms with Gasteiger partial charge in [-0.2, -0.15) is 0 Å². The Kier molecular flexibility index (Phi) is 2.13. The second-order valence-electron chi connectivity index (χ2n) is 4.66. The first-order chi connectivity index (χ1) is 7.59. The molecule has 3 nitrogen and oxygen atoms in total. The summed E-state index contributed by atoms with van der Waals surface area (Å²) >= 11 is 3.46. The molecule has 0 spiro atoms. The highest BCUT2D eigenvalue weighted by molar-refractivity contribution is 9.10. The number of fused-ring (bicyclic) bond motifs is 1. The summed E-state index contributed by atoms with van der Waals surface area (Å²) in [6, 6.07) is 5.84. The van der Waals surface area contributed by atoms with Gasteiger partial charge in [0.25, 0.3) is 0 Å². The van der Waals surface area contributed by atoms with Crippen molar-refractivity contribution >= 4 is 27.0 Å². The van der Waals surface area contributed by atoms with Gasteiger partial charge in [-0.1, -0.05) is 6.07 Å². The van der Waals surface area contributed by atoms with Gasteiger partial charge in [0.15, 0.2) is 5.58 Å². The van der Waals surface area contributed by atoms with Gasteiger partial charge in [-0.15, -0.1) is 0 Å².